The summed E-state index contributed by atoms with van der Waals surface area (Å²) in [6.07, 6.45) is 4.42. The predicted molar refractivity (Wildman–Crippen MR) is 127 cm³/mol. The summed E-state index contributed by atoms with van der Waals surface area (Å²) in [7, 11) is 0. The van der Waals surface area contributed by atoms with Gasteiger partial charge >= 0.3 is 11.9 Å². The van der Waals surface area contributed by atoms with Crippen LogP contribution in [0.25, 0.3) is 17.0 Å². The lowest BCUT2D eigenvalue weighted by molar-refractivity contribution is -0.128. The van der Waals surface area contributed by atoms with E-state index in [1.807, 2.05) is 48.5 Å². The SMILES string of the molecule is O=C(/C=C/c1ccccc1)Oc1ccc(Br)cc1/C=N/NC(=O)c1cc2ccccc2o1. The number of ether oxygens (including phenoxy) is 1. The third kappa shape index (κ3) is 5.39. The molecule has 0 aliphatic carbocycles. The molecule has 0 saturated carbocycles. The number of rotatable bonds is 6. The fourth-order valence-electron chi connectivity index (χ4n) is 2.89. The Morgan fingerprint density at radius 1 is 0.969 bits per heavy atom. The van der Waals surface area contributed by atoms with Crippen LogP contribution >= 0.6 is 15.9 Å². The number of halogens is 1. The minimum Gasteiger partial charge on any atom is -0.451 e. The van der Waals surface area contributed by atoms with Crippen LogP contribution < -0.4 is 10.2 Å². The molecule has 1 amide bonds. The monoisotopic (exact) mass is 488 g/mol. The van der Waals surface area contributed by atoms with E-state index in [0.29, 0.717) is 16.9 Å². The summed E-state index contributed by atoms with van der Waals surface area (Å²) >= 11 is 3.38. The van der Waals surface area contributed by atoms with Crippen molar-refractivity contribution in [1.82, 2.24) is 5.43 Å². The molecule has 6 nitrogen and oxygen atoms in total. The number of nitrogens with zero attached hydrogens (tertiary/aromatic N) is 1. The van der Waals surface area contributed by atoms with E-state index in [0.717, 1.165) is 15.4 Å². The molecule has 7 heteroatoms. The second-order valence-electron chi connectivity index (χ2n) is 6.69. The van der Waals surface area contributed by atoms with Crippen molar-refractivity contribution in [2.24, 2.45) is 5.10 Å². The largest absolute Gasteiger partial charge is 0.451 e. The molecule has 0 aliphatic rings. The summed E-state index contributed by atoms with van der Waals surface area (Å²) in [4.78, 5) is 24.6. The number of benzene rings is 3. The first-order valence-electron chi connectivity index (χ1n) is 9.65. The molecule has 0 fully saturated rings. The van der Waals surface area contributed by atoms with E-state index < -0.39 is 11.9 Å². The van der Waals surface area contributed by atoms with Crippen molar-refractivity contribution < 1.29 is 18.7 Å². The van der Waals surface area contributed by atoms with Gasteiger partial charge in [0, 0.05) is 21.5 Å². The molecule has 4 rings (SSSR count). The number of carbonyl (C=O) groups excluding carboxylic acids is 2. The highest BCUT2D eigenvalue weighted by Crippen LogP contribution is 2.22. The van der Waals surface area contributed by atoms with Gasteiger partial charge in [-0.05, 0) is 42.0 Å². The third-order valence-corrected chi connectivity index (χ3v) is 4.91. The first kappa shape index (κ1) is 21.3. The van der Waals surface area contributed by atoms with E-state index in [4.69, 9.17) is 9.15 Å². The summed E-state index contributed by atoms with van der Waals surface area (Å²) in [5.41, 5.74) is 4.43. The zero-order valence-electron chi connectivity index (χ0n) is 16.7. The summed E-state index contributed by atoms with van der Waals surface area (Å²) < 4.78 is 11.7. The van der Waals surface area contributed by atoms with E-state index >= 15 is 0 Å². The predicted octanol–water partition coefficient (Wildman–Crippen LogP) is 5.58. The van der Waals surface area contributed by atoms with Gasteiger partial charge in [0.05, 0.1) is 6.21 Å². The molecule has 4 aromatic rings. The molecule has 0 saturated heterocycles. The van der Waals surface area contributed by atoms with Crippen molar-refractivity contribution in [3.63, 3.8) is 0 Å². The lowest BCUT2D eigenvalue weighted by Gasteiger charge is -2.06. The standard InChI is InChI=1S/C25H17BrN2O4/c26-20-11-12-22(32-24(29)13-10-17-6-2-1-3-7-17)19(14-20)16-27-28-25(30)23-15-18-8-4-5-9-21(18)31-23/h1-16H,(H,28,30)/b13-10+,27-16+. The highest BCUT2D eigenvalue weighted by Gasteiger charge is 2.11. The zero-order valence-corrected chi connectivity index (χ0v) is 18.3. The van der Waals surface area contributed by atoms with Crippen LogP contribution in [0.1, 0.15) is 21.7 Å². The molecule has 1 heterocycles. The van der Waals surface area contributed by atoms with Gasteiger partial charge in [0.15, 0.2) is 5.76 Å². The summed E-state index contributed by atoms with van der Waals surface area (Å²) in [6.45, 7) is 0. The molecule has 0 spiro atoms. The summed E-state index contributed by atoms with van der Waals surface area (Å²) in [5.74, 6) is -0.568. The smallest absolute Gasteiger partial charge is 0.336 e. The maximum Gasteiger partial charge on any atom is 0.336 e. The average molecular weight is 489 g/mol. The molecule has 0 aliphatic heterocycles. The van der Waals surface area contributed by atoms with Crippen molar-refractivity contribution >= 4 is 51.1 Å². The van der Waals surface area contributed by atoms with Crippen molar-refractivity contribution in [3.8, 4) is 5.75 Å². The molecule has 1 N–H and O–H groups in total. The number of para-hydroxylation sites is 1. The number of hydrogen-bond acceptors (Lipinski definition) is 5. The normalized spacial score (nSPS) is 11.3. The molecule has 0 bridgehead atoms. The number of hydrazone groups is 1. The summed E-state index contributed by atoms with van der Waals surface area (Å²) in [5, 5.41) is 4.80. The highest BCUT2D eigenvalue weighted by atomic mass is 79.9. The van der Waals surface area contributed by atoms with Crippen LogP contribution in [0.2, 0.25) is 0 Å². The maximum absolute atomic E-state index is 12.3. The van der Waals surface area contributed by atoms with E-state index in [1.54, 1.807) is 36.4 Å². The van der Waals surface area contributed by atoms with Gasteiger partial charge in [-0.25, -0.2) is 10.2 Å². The van der Waals surface area contributed by atoms with E-state index in [-0.39, 0.29) is 5.76 Å². The fourth-order valence-corrected chi connectivity index (χ4v) is 3.27. The van der Waals surface area contributed by atoms with Crippen LogP contribution in [0.5, 0.6) is 5.75 Å². The number of nitrogens with one attached hydrogen (secondary N) is 1. The molecule has 158 valence electrons. The van der Waals surface area contributed by atoms with Crippen LogP contribution in [0.3, 0.4) is 0 Å². The van der Waals surface area contributed by atoms with Gasteiger partial charge in [0.25, 0.3) is 0 Å². The van der Waals surface area contributed by atoms with Crippen molar-refractivity contribution in [3.05, 3.63) is 106 Å². The topological polar surface area (TPSA) is 80.9 Å². The number of esters is 1. The molecule has 0 unspecified atom stereocenters. The van der Waals surface area contributed by atoms with E-state index in [2.05, 4.69) is 26.5 Å². The van der Waals surface area contributed by atoms with Gasteiger partial charge in [-0.2, -0.15) is 5.10 Å². The maximum atomic E-state index is 12.3. The molecular weight excluding hydrogens is 472 g/mol. The van der Waals surface area contributed by atoms with Crippen molar-refractivity contribution in [2.45, 2.75) is 0 Å². The Morgan fingerprint density at radius 2 is 1.75 bits per heavy atom. The fraction of sp³-hybridized carbons (Fsp3) is 0. The number of fused-ring (bicyclic) bond motifs is 1. The molecule has 32 heavy (non-hydrogen) atoms. The van der Waals surface area contributed by atoms with Gasteiger partial charge < -0.3 is 9.15 Å². The Labute approximate surface area is 192 Å². The molecule has 3 aromatic carbocycles. The molecule has 0 radical (unpaired) electrons. The van der Waals surface area contributed by atoms with Crippen molar-refractivity contribution in [2.75, 3.05) is 0 Å². The Kier molecular flexibility index (Phi) is 6.57. The molecular formula is C25H17BrN2O4. The van der Waals surface area contributed by atoms with Crippen LogP contribution in [0.15, 0.2) is 98.9 Å². The van der Waals surface area contributed by atoms with E-state index in [9.17, 15) is 9.59 Å². The Bertz CT molecular complexity index is 1290. The van der Waals surface area contributed by atoms with Crippen LogP contribution in [0, 0.1) is 0 Å². The Hall–Kier alpha value is -3.97. The van der Waals surface area contributed by atoms with Crippen LogP contribution in [-0.2, 0) is 4.79 Å². The number of furan rings is 1. The van der Waals surface area contributed by atoms with Gasteiger partial charge in [-0.1, -0.05) is 64.5 Å². The second-order valence-corrected chi connectivity index (χ2v) is 7.61. The lowest BCUT2D eigenvalue weighted by atomic mass is 10.2. The average Bonchev–Trinajstić information content (AvgIpc) is 3.24. The van der Waals surface area contributed by atoms with Gasteiger partial charge in [0.2, 0.25) is 0 Å². The zero-order chi connectivity index (χ0) is 22.3. The minimum absolute atomic E-state index is 0.148. The second kappa shape index (κ2) is 9.89. The number of hydrogen-bond donors (Lipinski definition) is 1. The number of amides is 1. The Balaban J connectivity index is 1.44. The Morgan fingerprint density at radius 3 is 2.56 bits per heavy atom. The number of carbonyl (C=O) groups is 2. The van der Waals surface area contributed by atoms with E-state index in [1.165, 1.54) is 12.3 Å². The van der Waals surface area contributed by atoms with Gasteiger partial charge in [0.1, 0.15) is 11.3 Å². The highest BCUT2D eigenvalue weighted by molar-refractivity contribution is 9.10. The molecule has 0 atom stereocenters. The molecule has 1 aromatic heterocycles. The van der Waals surface area contributed by atoms with Crippen molar-refractivity contribution in [1.29, 1.82) is 0 Å². The van der Waals surface area contributed by atoms with Gasteiger partial charge in [-0.15, -0.1) is 0 Å². The van der Waals surface area contributed by atoms with Crippen LogP contribution in [-0.4, -0.2) is 18.1 Å². The third-order valence-electron chi connectivity index (χ3n) is 4.41. The first-order chi connectivity index (χ1) is 15.6. The minimum atomic E-state index is -0.530. The van der Waals surface area contributed by atoms with Crippen LogP contribution in [0.4, 0.5) is 0 Å². The quantitative estimate of drug-likeness (QED) is 0.126. The lowest BCUT2D eigenvalue weighted by Crippen LogP contribution is -2.17. The summed E-state index contributed by atoms with van der Waals surface area (Å²) in [6, 6.07) is 23.5. The van der Waals surface area contributed by atoms with Gasteiger partial charge in [-0.3, -0.25) is 4.79 Å². The first-order valence-corrected chi connectivity index (χ1v) is 10.4.